The SMILES string of the molecule is Cc1nnc(-c2nnc3c(-c4ccc(Cl)c(Cl)c4)c(C)nn3c2C)o1. The van der Waals surface area contributed by atoms with Gasteiger partial charge in [0.2, 0.25) is 5.89 Å². The smallest absolute Gasteiger partial charge is 0.270 e. The molecule has 4 aromatic rings. The van der Waals surface area contributed by atoms with Gasteiger partial charge in [-0.25, -0.2) is 4.52 Å². The minimum absolute atomic E-state index is 0.314. The number of hydrogen-bond donors (Lipinski definition) is 0. The van der Waals surface area contributed by atoms with E-state index in [-0.39, 0.29) is 0 Å². The summed E-state index contributed by atoms with van der Waals surface area (Å²) in [5.41, 5.74) is 4.39. The van der Waals surface area contributed by atoms with Gasteiger partial charge in [-0.3, -0.25) is 0 Å². The van der Waals surface area contributed by atoms with E-state index in [1.807, 2.05) is 19.9 Å². The Kier molecular flexibility index (Phi) is 3.70. The number of halogens is 2. The molecule has 0 aliphatic carbocycles. The number of hydrogen-bond acceptors (Lipinski definition) is 6. The zero-order valence-electron chi connectivity index (χ0n) is 13.6. The molecule has 0 aliphatic rings. The van der Waals surface area contributed by atoms with Gasteiger partial charge in [0.1, 0.15) is 0 Å². The van der Waals surface area contributed by atoms with Crippen LogP contribution in [0.2, 0.25) is 10.0 Å². The molecular formula is C16H12Cl2N6O. The quantitative estimate of drug-likeness (QED) is 0.525. The molecule has 0 unspecified atom stereocenters. The summed E-state index contributed by atoms with van der Waals surface area (Å²) >= 11 is 12.2. The normalized spacial score (nSPS) is 11.4. The Morgan fingerprint density at radius 2 is 1.76 bits per heavy atom. The van der Waals surface area contributed by atoms with E-state index < -0.39 is 0 Å². The van der Waals surface area contributed by atoms with Gasteiger partial charge in [0.05, 0.1) is 27.0 Å². The molecule has 0 fully saturated rings. The van der Waals surface area contributed by atoms with Crippen molar-refractivity contribution in [3.63, 3.8) is 0 Å². The lowest BCUT2D eigenvalue weighted by Crippen LogP contribution is -2.02. The van der Waals surface area contributed by atoms with Gasteiger partial charge in [-0.1, -0.05) is 29.3 Å². The van der Waals surface area contributed by atoms with Crippen LogP contribution in [0.1, 0.15) is 17.3 Å². The molecule has 0 amide bonds. The summed E-state index contributed by atoms with van der Waals surface area (Å²) in [5, 5.41) is 22.0. The third-order valence-corrected chi connectivity index (χ3v) is 4.62. The highest BCUT2D eigenvalue weighted by atomic mass is 35.5. The number of aryl methyl sites for hydroxylation is 3. The predicted octanol–water partition coefficient (Wildman–Crippen LogP) is 4.07. The van der Waals surface area contributed by atoms with Crippen LogP contribution >= 0.6 is 23.2 Å². The summed E-state index contributed by atoms with van der Waals surface area (Å²) < 4.78 is 7.17. The van der Waals surface area contributed by atoms with E-state index >= 15 is 0 Å². The second-order valence-corrected chi connectivity index (χ2v) is 6.40. The van der Waals surface area contributed by atoms with Crippen molar-refractivity contribution < 1.29 is 4.42 Å². The molecule has 4 rings (SSSR count). The van der Waals surface area contributed by atoms with Gasteiger partial charge in [0, 0.05) is 6.92 Å². The van der Waals surface area contributed by atoms with Gasteiger partial charge in [0.25, 0.3) is 5.89 Å². The minimum Gasteiger partial charge on any atom is -0.420 e. The number of fused-ring (bicyclic) bond motifs is 1. The van der Waals surface area contributed by atoms with E-state index in [1.54, 1.807) is 23.6 Å². The molecule has 0 spiro atoms. The molecule has 0 saturated carbocycles. The van der Waals surface area contributed by atoms with E-state index in [4.69, 9.17) is 27.6 Å². The first-order valence-corrected chi connectivity index (χ1v) is 8.20. The molecule has 9 heteroatoms. The maximum atomic E-state index is 6.15. The molecule has 0 N–H and O–H groups in total. The number of aromatic nitrogens is 6. The monoisotopic (exact) mass is 374 g/mol. The molecule has 7 nitrogen and oxygen atoms in total. The Labute approximate surface area is 152 Å². The molecule has 0 bridgehead atoms. The van der Waals surface area contributed by atoms with Crippen molar-refractivity contribution in [2.24, 2.45) is 0 Å². The maximum Gasteiger partial charge on any atom is 0.270 e. The van der Waals surface area contributed by atoms with Crippen LogP contribution in [0.4, 0.5) is 0 Å². The van der Waals surface area contributed by atoms with Gasteiger partial charge < -0.3 is 4.42 Å². The van der Waals surface area contributed by atoms with E-state index in [1.165, 1.54) is 0 Å². The van der Waals surface area contributed by atoms with E-state index in [0.717, 1.165) is 22.5 Å². The van der Waals surface area contributed by atoms with Crippen molar-refractivity contribution in [2.45, 2.75) is 20.8 Å². The topological polar surface area (TPSA) is 82.0 Å². The molecular weight excluding hydrogens is 363 g/mol. The zero-order valence-corrected chi connectivity index (χ0v) is 15.1. The van der Waals surface area contributed by atoms with Gasteiger partial charge in [0.15, 0.2) is 11.3 Å². The van der Waals surface area contributed by atoms with E-state index in [0.29, 0.717) is 33.2 Å². The van der Waals surface area contributed by atoms with Gasteiger partial charge in [-0.2, -0.15) is 5.10 Å². The summed E-state index contributed by atoms with van der Waals surface area (Å²) in [6.07, 6.45) is 0. The van der Waals surface area contributed by atoms with Crippen LogP contribution < -0.4 is 0 Å². The number of rotatable bonds is 2. The van der Waals surface area contributed by atoms with Crippen molar-refractivity contribution in [3.8, 4) is 22.7 Å². The standard InChI is InChI=1S/C16H12Cl2N6O/c1-7-13(10-4-5-11(17)12(18)6-10)15-21-20-14(8(2)24(15)23-7)16-22-19-9(3)25-16/h4-6H,1-3H3. The van der Waals surface area contributed by atoms with E-state index in [2.05, 4.69) is 25.5 Å². The summed E-state index contributed by atoms with van der Waals surface area (Å²) in [4.78, 5) is 0. The first-order valence-electron chi connectivity index (χ1n) is 7.44. The lowest BCUT2D eigenvalue weighted by Gasteiger charge is -2.04. The first-order chi connectivity index (χ1) is 12.0. The van der Waals surface area contributed by atoms with Crippen molar-refractivity contribution in [3.05, 3.63) is 45.5 Å². The molecule has 126 valence electrons. The van der Waals surface area contributed by atoms with Crippen molar-refractivity contribution in [1.29, 1.82) is 0 Å². The number of benzene rings is 1. The predicted molar refractivity (Wildman–Crippen MR) is 93.7 cm³/mol. The Bertz CT molecular complexity index is 1120. The highest BCUT2D eigenvalue weighted by Gasteiger charge is 2.20. The van der Waals surface area contributed by atoms with Gasteiger partial charge >= 0.3 is 0 Å². The van der Waals surface area contributed by atoms with Crippen molar-refractivity contribution in [2.75, 3.05) is 0 Å². The lowest BCUT2D eigenvalue weighted by molar-refractivity contribution is 0.528. The summed E-state index contributed by atoms with van der Waals surface area (Å²) in [6, 6.07) is 5.42. The average Bonchev–Trinajstić information content (AvgIpc) is 3.14. The summed E-state index contributed by atoms with van der Waals surface area (Å²) in [7, 11) is 0. The fourth-order valence-corrected chi connectivity index (χ4v) is 2.99. The van der Waals surface area contributed by atoms with Crippen LogP contribution in [0.5, 0.6) is 0 Å². The zero-order chi connectivity index (χ0) is 17.7. The second kappa shape index (κ2) is 5.79. The number of nitrogens with zero attached hydrogens (tertiary/aromatic N) is 6. The fourth-order valence-electron chi connectivity index (χ4n) is 2.69. The Balaban J connectivity index is 1.94. The van der Waals surface area contributed by atoms with Crippen LogP contribution in [0, 0.1) is 20.8 Å². The molecule has 25 heavy (non-hydrogen) atoms. The van der Waals surface area contributed by atoms with Crippen molar-refractivity contribution >= 4 is 28.8 Å². The Morgan fingerprint density at radius 1 is 0.960 bits per heavy atom. The van der Waals surface area contributed by atoms with Crippen molar-refractivity contribution in [1.82, 2.24) is 30.0 Å². The molecule has 0 radical (unpaired) electrons. The Morgan fingerprint density at radius 3 is 2.44 bits per heavy atom. The largest absolute Gasteiger partial charge is 0.420 e. The highest BCUT2D eigenvalue weighted by molar-refractivity contribution is 6.42. The first kappa shape index (κ1) is 16.0. The lowest BCUT2D eigenvalue weighted by atomic mass is 10.1. The van der Waals surface area contributed by atoms with Crippen LogP contribution in [0.3, 0.4) is 0 Å². The minimum atomic E-state index is 0.314. The summed E-state index contributed by atoms with van der Waals surface area (Å²) in [6.45, 7) is 5.50. The second-order valence-electron chi connectivity index (χ2n) is 5.58. The highest BCUT2D eigenvalue weighted by Crippen LogP contribution is 2.33. The van der Waals surface area contributed by atoms with Gasteiger partial charge in [-0.05, 0) is 31.5 Å². The molecule has 3 aromatic heterocycles. The van der Waals surface area contributed by atoms with Crippen LogP contribution in [0.25, 0.3) is 28.4 Å². The average molecular weight is 375 g/mol. The fraction of sp³-hybridized carbons (Fsp3) is 0.188. The van der Waals surface area contributed by atoms with Crippen LogP contribution in [-0.4, -0.2) is 30.0 Å². The third kappa shape index (κ3) is 2.56. The summed E-state index contributed by atoms with van der Waals surface area (Å²) in [5.74, 6) is 0.776. The third-order valence-electron chi connectivity index (χ3n) is 3.88. The van der Waals surface area contributed by atoms with Gasteiger partial charge in [-0.15, -0.1) is 20.4 Å². The molecule has 0 atom stereocenters. The molecule has 3 heterocycles. The van der Waals surface area contributed by atoms with E-state index in [9.17, 15) is 0 Å². The Hall–Kier alpha value is -2.51. The van der Waals surface area contributed by atoms with Crippen LogP contribution in [-0.2, 0) is 0 Å². The van der Waals surface area contributed by atoms with Crippen LogP contribution in [0.15, 0.2) is 22.6 Å². The molecule has 0 saturated heterocycles. The molecule has 1 aromatic carbocycles. The molecule has 0 aliphatic heterocycles. The maximum absolute atomic E-state index is 6.15.